The molecule has 0 saturated carbocycles. The highest BCUT2D eigenvalue weighted by Gasteiger charge is 2.16. The molecule has 0 saturated heterocycles. The first-order valence-electron chi connectivity index (χ1n) is 5.24. The van der Waals surface area contributed by atoms with Crippen LogP contribution < -0.4 is 15.8 Å². The zero-order valence-electron chi connectivity index (χ0n) is 10.2. The molecule has 0 aliphatic heterocycles. The quantitative estimate of drug-likeness (QED) is 0.870. The van der Waals surface area contributed by atoms with Gasteiger partial charge in [-0.1, -0.05) is 11.6 Å². The second kappa shape index (κ2) is 5.38. The van der Waals surface area contributed by atoms with E-state index >= 15 is 0 Å². The van der Waals surface area contributed by atoms with Gasteiger partial charge < -0.3 is 15.8 Å². The van der Waals surface area contributed by atoms with E-state index in [0.29, 0.717) is 16.5 Å². The van der Waals surface area contributed by atoms with Gasteiger partial charge in [0.05, 0.1) is 12.1 Å². The zero-order valence-corrected chi connectivity index (χ0v) is 11.0. The minimum absolute atomic E-state index is 0.140. The van der Waals surface area contributed by atoms with Gasteiger partial charge >= 0.3 is 0 Å². The van der Waals surface area contributed by atoms with Crippen molar-refractivity contribution in [3.8, 4) is 5.75 Å². The molecule has 1 amide bonds. The summed E-state index contributed by atoms with van der Waals surface area (Å²) in [5.74, 6) is 0.433. The minimum Gasteiger partial charge on any atom is -0.495 e. The van der Waals surface area contributed by atoms with Crippen molar-refractivity contribution in [1.29, 1.82) is 0 Å². The number of ether oxygens (including phenoxy) is 1. The Labute approximate surface area is 106 Å². The third kappa shape index (κ3) is 4.63. The lowest BCUT2D eigenvalue weighted by Gasteiger charge is -2.17. The Bertz CT molecular complexity index is 413. The molecule has 0 spiro atoms. The Morgan fingerprint density at radius 2 is 2.18 bits per heavy atom. The van der Waals surface area contributed by atoms with E-state index in [1.165, 1.54) is 7.11 Å². The maximum absolute atomic E-state index is 11.6. The molecular weight excluding hydrogens is 240 g/mol. The lowest BCUT2D eigenvalue weighted by molar-refractivity contribution is -0.117. The van der Waals surface area contributed by atoms with Gasteiger partial charge in [-0.05, 0) is 32.0 Å². The van der Waals surface area contributed by atoms with Crippen LogP contribution in [-0.4, -0.2) is 18.6 Å². The molecule has 94 valence electrons. The fraction of sp³-hybridized carbons (Fsp3) is 0.417. The Balaban J connectivity index is 2.69. The second-order valence-corrected chi connectivity index (χ2v) is 4.97. The van der Waals surface area contributed by atoms with E-state index in [4.69, 9.17) is 22.1 Å². The summed E-state index contributed by atoms with van der Waals surface area (Å²) in [6.07, 6.45) is 0.247. The van der Waals surface area contributed by atoms with Gasteiger partial charge in [-0.3, -0.25) is 4.79 Å². The molecule has 3 N–H and O–H groups in total. The Morgan fingerprint density at radius 1 is 1.53 bits per heavy atom. The van der Waals surface area contributed by atoms with E-state index in [1.807, 2.05) is 0 Å². The summed E-state index contributed by atoms with van der Waals surface area (Å²) in [5, 5.41) is 3.19. The van der Waals surface area contributed by atoms with Gasteiger partial charge in [0, 0.05) is 17.6 Å². The second-order valence-electron chi connectivity index (χ2n) is 4.56. The fourth-order valence-corrected chi connectivity index (χ4v) is 1.62. The van der Waals surface area contributed by atoms with E-state index in [0.717, 1.165) is 0 Å². The minimum atomic E-state index is -0.527. The molecule has 0 unspecified atom stereocenters. The average molecular weight is 257 g/mol. The van der Waals surface area contributed by atoms with Gasteiger partial charge in [-0.2, -0.15) is 0 Å². The van der Waals surface area contributed by atoms with E-state index in [9.17, 15) is 4.79 Å². The zero-order chi connectivity index (χ0) is 13.1. The summed E-state index contributed by atoms with van der Waals surface area (Å²) in [6.45, 7) is 3.60. The van der Waals surface area contributed by atoms with Gasteiger partial charge in [-0.15, -0.1) is 0 Å². The van der Waals surface area contributed by atoms with Crippen molar-refractivity contribution in [1.82, 2.24) is 0 Å². The molecule has 5 heteroatoms. The van der Waals surface area contributed by atoms with Crippen molar-refractivity contribution in [3.05, 3.63) is 23.2 Å². The SMILES string of the molecule is COc1ccc(NC(=O)CC(C)(C)N)cc1Cl. The predicted molar refractivity (Wildman–Crippen MR) is 69.5 cm³/mol. The van der Waals surface area contributed by atoms with Crippen LogP contribution in [0.2, 0.25) is 5.02 Å². The van der Waals surface area contributed by atoms with Crippen molar-refractivity contribution < 1.29 is 9.53 Å². The van der Waals surface area contributed by atoms with Crippen LogP contribution in [0.25, 0.3) is 0 Å². The molecule has 0 atom stereocenters. The standard InChI is InChI=1S/C12H17ClN2O2/c1-12(2,14)7-11(16)15-8-4-5-10(17-3)9(13)6-8/h4-6H,7,14H2,1-3H3,(H,15,16). The first-order chi connectivity index (χ1) is 7.81. The first kappa shape index (κ1) is 13.8. The molecule has 1 aromatic rings. The number of hydrogen-bond donors (Lipinski definition) is 2. The van der Waals surface area contributed by atoms with Crippen molar-refractivity contribution in [2.45, 2.75) is 25.8 Å². The number of nitrogens with one attached hydrogen (secondary N) is 1. The number of nitrogens with two attached hydrogens (primary N) is 1. The lowest BCUT2D eigenvalue weighted by Crippen LogP contribution is -2.36. The monoisotopic (exact) mass is 256 g/mol. The highest BCUT2D eigenvalue weighted by atomic mass is 35.5. The molecule has 1 rings (SSSR count). The highest BCUT2D eigenvalue weighted by molar-refractivity contribution is 6.32. The Kier molecular flexibility index (Phi) is 4.37. The van der Waals surface area contributed by atoms with Crippen molar-refractivity contribution in [2.75, 3.05) is 12.4 Å². The van der Waals surface area contributed by atoms with Crippen molar-refractivity contribution in [3.63, 3.8) is 0 Å². The third-order valence-corrected chi connectivity index (χ3v) is 2.35. The van der Waals surface area contributed by atoms with Crippen LogP contribution in [0.3, 0.4) is 0 Å². The van der Waals surface area contributed by atoms with Crippen LogP contribution in [0.4, 0.5) is 5.69 Å². The summed E-state index contributed by atoms with van der Waals surface area (Å²) >= 11 is 5.95. The fourth-order valence-electron chi connectivity index (χ4n) is 1.36. The summed E-state index contributed by atoms with van der Waals surface area (Å²) in [5.41, 5.74) is 5.86. The van der Waals surface area contributed by atoms with Crippen LogP contribution >= 0.6 is 11.6 Å². The highest BCUT2D eigenvalue weighted by Crippen LogP contribution is 2.27. The molecular formula is C12H17ClN2O2. The summed E-state index contributed by atoms with van der Waals surface area (Å²) in [7, 11) is 1.54. The Morgan fingerprint density at radius 3 is 2.65 bits per heavy atom. The molecule has 0 aliphatic rings. The first-order valence-corrected chi connectivity index (χ1v) is 5.62. The number of hydrogen-bond acceptors (Lipinski definition) is 3. The van der Waals surface area contributed by atoms with Crippen molar-refractivity contribution >= 4 is 23.2 Å². The molecule has 0 aromatic heterocycles. The van der Waals surface area contributed by atoms with Gasteiger partial charge in [-0.25, -0.2) is 0 Å². The number of methoxy groups -OCH3 is 1. The molecule has 17 heavy (non-hydrogen) atoms. The summed E-state index contributed by atoms with van der Waals surface area (Å²) in [6, 6.07) is 5.07. The normalized spacial score (nSPS) is 11.1. The van der Waals surface area contributed by atoms with Crippen LogP contribution in [-0.2, 0) is 4.79 Å². The molecule has 0 radical (unpaired) electrons. The average Bonchev–Trinajstić information content (AvgIpc) is 2.14. The van der Waals surface area contributed by atoms with E-state index in [-0.39, 0.29) is 12.3 Å². The topological polar surface area (TPSA) is 64.3 Å². The number of amides is 1. The molecule has 0 aliphatic carbocycles. The molecule has 4 nitrogen and oxygen atoms in total. The number of carbonyl (C=O) groups is 1. The predicted octanol–water partition coefficient (Wildman–Crippen LogP) is 2.41. The van der Waals surface area contributed by atoms with Gasteiger partial charge in [0.15, 0.2) is 0 Å². The van der Waals surface area contributed by atoms with E-state index < -0.39 is 5.54 Å². The molecule has 1 aromatic carbocycles. The lowest BCUT2D eigenvalue weighted by atomic mass is 10.0. The van der Waals surface area contributed by atoms with Crippen LogP contribution in [0.1, 0.15) is 20.3 Å². The number of anilines is 1. The van der Waals surface area contributed by atoms with Gasteiger partial charge in [0.1, 0.15) is 5.75 Å². The van der Waals surface area contributed by atoms with Gasteiger partial charge in [0.2, 0.25) is 5.91 Å². The molecule has 0 fully saturated rings. The van der Waals surface area contributed by atoms with Crippen molar-refractivity contribution in [2.24, 2.45) is 5.73 Å². The number of halogens is 1. The van der Waals surface area contributed by atoms with E-state index in [1.54, 1.807) is 32.0 Å². The number of carbonyl (C=O) groups excluding carboxylic acids is 1. The van der Waals surface area contributed by atoms with Crippen LogP contribution in [0.15, 0.2) is 18.2 Å². The third-order valence-electron chi connectivity index (χ3n) is 2.05. The molecule has 0 bridgehead atoms. The van der Waals surface area contributed by atoms with E-state index in [2.05, 4.69) is 5.32 Å². The Hall–Kier alpha value is -1.26. The summed E-state index contributed by atoms with van der Waals surface area (Å²) in [4.78, 5) is 11.6. The van der Waals surface area contributed by atoms with Crippen LogP contribution in [0.5, 0.6) is 5.75 Å². The smallest absolute Gasteiger partial charge is 0.226 e. The maximum atomic E-state index is 11.6. The van der Waals surface area contributed by atoms with Gasteiger partial charge in [0.25, 0.3) is 0 Å². The number of rotatable bonds is 4. The maximum Gasteiger partial charge on any atom is 0.226 e. The number of benzene rings is 1. The van der Waals surface area contributed by atoms with Crippen LogP contribution in [0, 0.1) is 0 Å². The molecule has 0 heterocycles. The summed E-state index contributed by atoms with van der Waals surface area (Å²) < 4.78 is 5.02. The largest absolute Gasteiger partial charge is 0.495 e.